The summed E-state index contributed by atoms with van der Waals surface area (Å²) < 4.78 is 2.16. The lowest BCUT2D eigenvalue weighted by atomic mass is 9.79. The van der Waals surface area contributed by atoms with Crippen molar-refractivity contribution in [2.75, 3.05) is 0 Å². The second-order valence-electron chi connectivity index (χ2n) is 14.8. The molecule has 0 radical (unpaired) electrons. The minimum atomic E-state index is 0.352. The molecule has 5 aromatic rings. The van der Waals surface area contributed by atoms with E-state index in [9.17, 15) is 0 Å². The Bertz CT molecular complexity index is 1670. The molecular formula is C41H46Cl2N2. The van der Waals surface area contributed by atoms with Crippen LogP contribution in [-0.4, -0.2) is 9.55 Å². The minimum absolute atomic E-state index is 0.352. The summed E-state index contributed by atoms with van der Waals surface area (Å²) in [6.07, 6.45) is 7.70. The summed E-state index contributed by atoms with van der Waals surface area (Å²) in [6, 6.07) is 34.1. The maximum atomic E-state index is 6.57. The highest BCUT2D eigenvalue weighted by molar-refractivity contribution is 6.36. The monoisotopic (exact) mass is 636 g/mol. The minimum Gasteiger partial charge on any atom is -0.303 e. The van der Waals surface area contributed by atoms with E-state index in [0.717, 1.165) is 22.8 Å². The Hall–Kier alpha value is -3.33. The van der Waals surface area contributed by atoms with E-state index in [1.54, 1.807) is 6.07 Å². The van der Waals surface area contributed by atoms with Gasteiger partial charge in [-0.2, -0.15) is 0 Å². The van der Waals surface area contributed by atoms with Crippen LogP contribution in [0.25, 0.3) is 28.1 Å². The van der Waals surface area contributed by atoms with E-state index in [-0.39, 0.29) is 0 Å². The summed E-state index contributed by atoms with van der Waals surface area (Å²) in [4.78, 5) is 5.05. The highest BCUT2D eigenvalue weighted by atomic mass is 35.5. The number of nitrogens with zero attached hydrogens (tertiary/aromatic N) is 2. The number of benzene rings is 4. The summed E-state index contributed by atoms with van der Waals surface area (Å²) in [7, 11) is 0. The number of imidazole rings is 1. The van der Waals surface area contributed by atoms with Crippen molar-refractivity contribution in [1.82, 2.24) is 9.55 Å². The van der Waals surface area contributed by atoms with Gasteiger partial charge in [-0.1, -0.05) is 131 Å². The Morgan fingerprint density at radius 3 is 1.82 bits per heavy atom. The van der Waals surface area contributed by atoms with E-state index in [2.05, 4.69) is 113 Å². The molecule has 4 heteroatoms. The van der Waals surface area contributed by atoms with E-state index >= 15 is 0 Å². The summed E-state index contributed by atoms with van der Waals surface area (Å²) in [6.45, 7) is 14.1. The largest absolute Gasteiger partial charge is 0.303 e. The third kappa shape index (κ3) is 9.12. The van der Waals surface area contributed by atoms with Gasteiger partial charge in [0.05, 0.1) is 10.7 Å². The predicted molar refractivity (Wildman–Crippen MR) is 194 cm³/mol. The molecule has 4 aromatic carbocycles. The normalized spacial score (nSPS) is 12.2. The smallest absolute Gasteiger partial charge is 0.118 e. The summed E-state index contributed by atoms with van der Waals surface area (Å²) >= 11 is 12.7. The highest BCUT2D eigenvalue weighted by Gasteiger charge is 2.20. The molecule has 1 aromatic heterocycles. The van der Waals surface area contributed by atoms with Crippen LogP contribution in [0.5, 0.6) is 0 Å². The molecule has 45 heavy (non-hydrogen) atoms. The van der Waals surface area contributed by atoms with Crippen LogP contribution in [0, 0.1) is 10.8 Å². The highest BCUT2D eigenvalue weighted by Crippen LogP contribution is 2.36. The number of hydrogen-bond donors (Lipinski definition) is 0. The number of halogens is 2. The maximum Gasteiger partial charge on any atom is 0.118 e. The lowest BCUT2D eigenvalue weighted by Crippen LogP contribution is -2.12. The second-order valence-corrected chi connectivity index (χ2v) is 15.6. The molecule has 0 fully saturated rings. The molecule has 0 saturated carbocycles. The molecular weight excluding hydrogens is 591 g/mol. The van der Waals surface area contributed by atoms with Gasteiger partial charge in [-0.25, -0.2) is 4.98 Å². The Kier molecular flexibility index (Phi) is 10.3. The molecule has 0 aliphatic carbocycles. The van der Waals surface area contributed by atoms with Crippen molar-refractivity contribution in [2.45, 2.75) is 79.6 Å². The Labute approximate surface area is 280 Å². The molecule has 0 unspecified atom stereocenters. The van der Waals surface area contributed by atoms with Crippen LogP contribution >= 0.6 is 23.2 Å². The van der Waals surface area contributed by atoms with Crippen molar-refractivity contribution < 1.29 is 0 Å². The Balaban J connectivity index is 1.35. The molecule has 0 aliphatic heterocycles. The van der Waals surface area contributed by atoms with Crippen molar-refractivity contribution in [3.05, 3.63) is 130 Å². The number of rotatable bonds is 10. The number of aromatic nitrogens is 2. The Morgan fingerprint density at radius 2 is 1.27 bits per heavy atom. The molecule has 5 rings (SSSR count). The van der Waals surface area contributed by atoms with E-state index in [1.807, 2.05) is 30.3 Å². The van der Waals surface area contributed by atoms with Gasteiger partial charge in [0, 0.05) is 28.9 Å². The van der Waals surface area contributed by atoms with Gasteiger partial charge in [-0.05, 0) is 95.0 Å². The zero-order chi connectivity index (χ0) is 32.2. The van der Waals surface area contributed by atoms with Crippen LogP contribution in [0.4, 0.5) is 0 Å². The van der Waals surface area contributed by atoms with Gasteiger partial charge in [-0.15, -0.1) is 0 Å². The van der Waals surface area contributed by atoms with E-state index in [1.165, 1.54) is 47.9 Å². The Morgan fingerprint density at radius 1 is 0.689 bits per heavy atom. The van der Waals surface area contributed by atoms with E-state index in [0.29, 0.717) is 33.2 Å². The summed E-state index contributed by atoms with van der Waals surface area (Å²) in [5, 5.41) is 1.21. The SMILES string of the molecule is CC(C)(C)CCC(CCC(C)(C)C)c1ccc(-c2ccc(Cc3nc(-c4ccc(Cl)cc4Cl)cn3-c3ccccc3)cc2)cc1. The second kappa shape index (κ2) is 14.0. The van der Waals surface area contributed by atoms with Gasteiger partial charge in [0.2, 0.25) is 0 Å². The summed E-state index contributed by atoms with van der Waals surface area (Å²) in [5.74, 6) is 1.55. The fourth-order valence-electron chi connectivity index (χ4n) is 5.82. The molecule has 0 aliphatic rings. The maximum absolute atomic E-state index is 6.57. The molecule has 0 amide bonds. The van der Waals surface area contributed by atoms with Crippen molar-refractivity contribution in [1.29, 1.82) is 0 Å². The summed E-state index contributed by atoms with van der Waals surface area (Å²) in [5.41, 5.74) is 8.62. The predicted octanol–water partition coefficient (Wildman–Crippen LogP) is 12.8. The standard InChI is InChI=1S/C41H46Cl2N2/c1-40(2,3)24-22-33(23-25-41(4,5)6)32-18-16-31(17-19-32)30-14-12-29(13-15-30)26-39-44-38(36-21-20-34(42)27-37(36)43)28-45(39)35-10-8-7-9-11-35/h7-21,27-28,33H,22-26H2,1-6H3. The van der Waals surface area contributed by atoms with E-state index < -0.39 is 0 Å². The average molecular weight is 638 g/mol. The van der Waals surface area contributed by atoms with Gasteiger partial charge in [0.25, 0.3) is 0 Å². The van der Waals surface area contributed by atoms with Crippen molar-refractivity contribution in [3.8, 4) is 28.1 Å². The fourth-order valence-corrected chi connectivity index (χ4v) is 6.33. The fraction of sp³-hybridized carbons (Fsp3) is 0.341. The average Bonchev–Trinajstić information content (AvgIpc) is 3.40. The first-order valence-corrected chi connectivity index (χ1v) is 16.9. The molecule has 1 heterocycles. The molecule has 0 atom stereocenters. The lowest BCUT2D eigenvalue weighted by Gasteiger charge is -2.26. The van der Waals surface area contributed by atoms with Gasteiger partial charge >= 0.3 is 0 Å². The van der Waals surface area contributed by atoms with Crippen LogP contribution in [0.15, 0.2) is 103 Å². The molecule has 0 N–H and O–H groups in total. The van der Waals surface area contributed by atoms with E-state index in [4.69, 9.17) is 28.2 Å². The molecule has 0 spiro atoms. The van der Waals surface area contributed by atoms with Gasteiger partial charge in [0.15, 0.2) is 0 Å². The first kappa shape index (κ1) is 33.0. The van der Waals surface area contributed by atoms with Crippen molar-refractivity contribution in [3.63, 3.8) is 0 Å². The van der Waals surface area contributed by atoms with Gasteiger partial charge in [0.1, 0.15) is 5.82 Å². The quantitative estimate of drug-likeness (QED) is 0.149. The van der Waals surface area contributed by atoms with Gasteiger partial charge in [-0.3, -0.25) is 0 Å². The third-order valence-electron chi connectivity index (χ3n) is 8.54. The molecule has 0 saturated heterocycles. The van der Waals surface area contributed by atoms with Crippen molar-refractivity contribution >= 4 is 23.2 Å². The molecule has 2 nitrogen and oxygen atoms in total. The zero-order valence-electron chi connectivity index (χ0n) is 27.6. The van der Waals surface area contributed by atoms with Crippen molar-refractivity contribution in [2.24, 2.45) is 10.8 Å². The number of para-hydroxylation sites is 1. The van der Waals surface area contributed by atoms with Gasteiger partial charge < -0.3 is 4.57 Å². The zero-order valence-corrected chi connectivity index (χ0v) is 29.1. The third-order valence-corrected chi connectivity index (χ3v) is 9.09. The number of hydrogen-bond acceptors (Lipinski definition) is 1. The van der Waals surface area contributed by atoms with Crippen LogP contribution in [0.1, 0.15) is 90.1 Å². The van der Waals surface area contributed by atoms with Crippen LogP contribution in [0.3, 0.4) is 0 Å². The first-order valence-electron chi connectivity index (χ1n) is 16.1. The topological polar surface area (TPSA) is 17.8 Å². The lowest BCUT2D eigenvalue weighted by molar-refractivity contribution is 0.310. The van der Waals surface area contributed by atoms with Crippen LogP contribution in [-0.2, 0) is 6.42 Å². The first-order chi connectivity index (χ1) is 21.3. The molecule has 234 valence electrons. The molecule has 0 bridgehead atoms. The van der Waals surface area contributed by atoms with Crippen LogP contribution < -0.4 is 0 Å². The van der Waals surface area contributed by atoms with Crippen LogP contribution in [0.2, 0.25) is 10.0 Å².